The molecule has 2 aliphatic rings. The molecule has 5 nitrogen and oxygen atoms in total. The monoisotopic (exact) mass is 485 g/mol. The first kappa shape index (κ1) is 22.4. The van der Waals surface area contributed by atoms with Gasteiger partial charge in [0, 0.05) is 45.7 Å². The lowest BCUT2D eigenvalue weighted by molar-refractivity contribution is 0.273. The van der Waals surface area contributed by atoms with Crippen LogP contribution in [0.1, 0.15) is 30.7 Å². The molecule has 2 heterocycles. The number of hydrogen-bond acceptors (Lipinski definition) is 3. The van der Waals surface area contributed by atoms with Crippen molar-refractivity contribution in [2.45, 2.75) is 25.2 Å². The Kier molecular flexibility index (Phi) is 9.86. The number of aliphatic imine (C=N–C) groups is 1. The molecule has 1 atom stereocenters. The third-order valence-corrected chi connectivity index (χ3v) is 5.72. The van der Waals surface area contributed by atoms with Crippen LogP contribution in [0.4, 0.5) is 0 Å². The molecule has 27 heavy (non-hydrogen) atoms. The van der Waals surface area contributed by atoms with Crippen molar-refractivity contribution in [2.24, 2.45) is 4.99 Å². The largest absolute Gasteiger partial charge is 0.356 e. The number of rotatable bonds is 5. The van der Waals surface area contributed by atoms with E-state index in [4.69, 9.17) is 0 Å². The topological polar surface area (TPSA) is 34.1 Å². The predicted molar refractivity (Wildman–Crippen MR) is 125 cm³/mol. The molecule has 1 aromatic rings. The van der Waals surface area contributed by atoms with Gasteiger partial charge in [0.15, 0.2) is 5.96 Å². The van der Waals surface area contributed by atoms with Crippen LogP contribution in [0.2, 0.25) is 0 Å². The maximum Gasteiger partial charge on any atom is 0.193 e. The summed E-state index contributed by atoms with van der Waals surface area (Å²) in [6.45, 7) is 9.23. The van der Waals surface area contributed by atoms with E-state index in [0.29, 0.717) is 5.92 Å². The molecule has 0 amide bonds. The summed E-state index contributed by atoms with van der Waals surface area (Å²) in [7, 11) is 4.14. The molecule has 3 rings (SSSR count). The molecule has 1 N–H and O–H groups in total. The molecule has 6 heteroatoms. The fraction of sp³-hybridized carbons (Fsp3) is 0.667. The van der Waals surface area contributed by atoms with Crippen molar-refractivity contribution in [3.05, 3.63) is 35.9 Å². The maximum atomic E-state index is 4.52. The van der Waals surface area contributed by atoms with E-state index in [0.717, 1.165) is 25.6 Å². The van der Waals surface area contributed by atoms with Gasteiger partial charge in [0.1, 0.15) is 0 Å². The minimum absolute atomic E-state index is 0. The Morgan fingerprint density at radius 3 is 2.70 bits per heavy atom. The second kappa shape index (κ2) is 11.9. The Morgan fingerprint density at radius 2 is 1.93 bits per heavy atom. The number of halogens is 1. The first-order valence-corrected chi connectivity index (χ1v) is 10.2. The molecule has 0 aromatic heterocycles. The SMILES string of the molecule is CN=C(NCCCN1CCCN(C)CC1)N1CCC(c2ccccc2)C1.I. The highest BCUT2D eigenvalue weighted by Gasteiger charge is 2.25. The molecule has 2 saturated heterocycles. The van der Waals surface area contributed by atoms with Gasteiger partial charge in [0.2, 0.25) is 0 Å². The van der Waals surface area contributed by atoms with E-state index in [9.17, 15) is 0 Å². The van der Waals surface area contributed by atoms with Crippen LogP contribution < -0.4 is 5.32 Å². The van der Waals surface area contributed by atoms with Crippen LogP contribution in [0.25, 0.3) is 0 Å². The van der Waals surface area contributed by atoms with Gasteiger partial charge in [-0.2, -0.15) is 0 Å². The maximum absolute atomic E-state index is 4.52. The molecule has 0 aliphatic carbocycles. The normalized spacial score (nSPS) is 22.4. The van der Waals surface area contributed by atoms with E-state index in [1.807, 2.05) is 7.05 Å². The smallest absolute Gasteiger partial charge is 0.193 e. The predicted octanol–water partition coefficient (Wildman–Crippen LogP) is 2.70. The summed E-state index contributed by atoms with van der Waals surface area (Å²) in [4.78, 5) is 12.0. The number of benzene rings is 1. The van der Waals surface area contributed by atoms with Gasteiger partial charge < -0.3 is 20.0 Å². The Labute approximate surface area is 182 Å². The molecule has 1 aromatic carbocycles. The summed E-state index contributed by atoms with van der Waals surface area (Å²) in [5.74, 6) is 1.70. The average molecular weight is 485 g/mol. The van der Waals surface area contributed by atoms with E-state index in [1.165, 1.54) is 57.5 Å². The highest BCUT2D eigenvalue weighted by atomic mass is 127. The Balaban J connectivity index is 0.00000261. The molecule has 1 unspecified atom stereocenters. The van der Waals surface area contributed by atoms with Gasteiger partial charge in [-0.15, -0.1) is 24.0 Å². The van der Waals surface area contributed by atoms with Gasteiger partial charge in [0.25, 0.3) is 0 Å². The van der Waals surface area contributed by atoms with Crippen LogP contribution in [0, 0.1) is 0 Å². The zero-order valence-electron chi connectivity index (χ0n) is 16.9. The standard InChI is InChI=1S/C21H35N5.HI/c1-22-21(23-11-6-13-25-14-7-12-24(2)16-17-25)26-15-10-20(18-26)19-8-4-3-5-9-19;/h3-5,8-9,20H,6-7,10-18H2,1-2H3,(H,22,23);1H. The van der Waals surface area contributed by atoms with Crippen molar-refractivity contribution < 1.29 is 0 Å². The van der Waals surface area contributed by atoms with E-state index in [2.05, 4.69) is 62.4 Å². The van der Waals surface area contributed by atoms with Gasteiger partial charge in [-0.1, -0.05) is 30.3 Å². The molecular formula is C21H36IN5. The summed E-state index contributed by atoms with van der Waals surface area (Å²) >= 11 is 0. The lowest BCUT2D eigenvalue weighted by Crippen LogP contribution is -2.41. The quantitative estimate of drug-likeness (QED) is 0.301. The summed E-state index contributed by atoms with van der Waals surface area (Å²) < 4.78 is 0. The van der Waals surface area contributed by atoms with Gasteiger partial charge in [-0.05, 0) is 51.5 Å². The Morgan fingerprint density at radius 1 is 1.11 bits per heavy atom. The number of nitrogens with zero attached hydrogens (tertiary/aromatic N) is 4. The molecule has 2 aliphatic heterocycles. The van der Waals surface area contributed by atoms with Crippen molar-refractivity contribution >= 4 is 29.9 Å². The van der Waals surface area contributed by atoms with Crippen molar-refractivity contribution in [1.82, 2.24) is 20.0 Å². The van der Waals surface area contributed by atoms with Crippen molar-refractivity contribution in [2.75, 3.05) is 66.5 Å². The highest BCUT2D eigenvalue weighted by molar-refractivity contribution is 14.0. The summed E-state index contributed by atoms with van der Waals surface area (Å²) in [5, 5.41) is 3.59. The lowest BCUT2D eigenvalue weighted by atomic mass is 9.99. The number of nitrogens with one attached hydrogen (secondary N) is 1. The summed E-state index contributed by atoms with van der Waals surface area (Å²) in [6.07, 6.45) is 3.69. The van der Waals surface area contributed by atoms with Crippen LogP contribution in [0.15, 0.2) is 35.3 Å². The molecule has 0 radical (unpaired) electrons. The van der Waals surface area contributed by atoms with Crippen LogP contribution >= 0.6 is 24.0 Å². The number of hydrogen-bond donors (Lipinski definition) is 1. The zero-order chi connectivity index (χ0) is 18.2. The third kappa shape index (κ3) is 6.91. The van der Waals surface area contributed by atoms with E-state index >= 15 is 0 Å². The first-order chi connectivity index (χ1) is 12.8. The summed E-state index contributed by atoms with van der Waals surface area (Å²) in [6, 6.07) is 10.9. The van der Waals surface area contributed by atoms with Gasteiger partial charge in [-0.3, -0.25) is 4.99 Å². The highest BCUT2D eigenvalue weighted by Crippen LogP contribution is 2.26. The van der Waals surface area contributed by atoms with Gasteiger partial charge >= 0.3 is 0 Å². The van der Waals surface area contributed by atoms with Crippen molar-refractivity contribution in [3.8, 4) is 0 Å². The molecule has 0 saturated carbocycles. The molecular weight excluding hydrogens is 449 g/mol. The van der Waals surface area contributed by atoms with Gasteiger partial charge in [-0.25, -0.2) is 0 Å². The summed E-state index contributed by atoms with van der Waals surface area (Å²) in [5.41, 5.74) is 1.46. The minimum atomic E-state index is 0. The molecule has 2 fully saturated rings. The number of guanidine groups is 1. The van der Waals surface area contributed by atoms with E-state index in [-0.39, 0.29) is 24.0 Å². The van der Waals surface area contributed by atoms with Gasteiger partial charge in [0.05, 0.1) is 0 Å². The van der Waals surface area contributed by atoms with Crippen LogP contribution in [0.3, 0.4) is 0 Å². The fourth-order valence-electron chi connectivity index (χ4n) is 4.11. The lowest BCUT2D eigenvalue weighted by Gasteiger charge is -2.23. The van der Waals surface area contributed by atoms with Crippen molar-refractivity contribution in [1.29, 1.82) is 0 Å². The van der Waals surface area contributed by atoms with Crippen LogP contribution in [-0.2, 0) is 0 Å². The fourth-order valence-corrected chi connectivity index (χ4v) is 4.11. The Hall–Kier alpha value is -0.860. The van der Waals surface area contributed by atoms with Crippen LogP contribution in [0.5, 0.6) is 0 Å². The van der Waals surface area contributed by atoms with E-state index < -0.39 is 0 Å². The molecule has 0 bridgehead atoms. The third-order valence-electron chi connectivity index (χ3n) is 5.72. The molecule has 0 spiro atoms. The second-order valence-corrected chi connectivity index (χ2v) is 7.67. The van der Waals surface area contributed by atoms with E-state index in [1.54, 1.807) is 0 Å². The number of likely N-dealkylation sites (tertiary alicyclic amines) is 1. The molecule has 152 valence electrons. The first-order valence-electron chi connectivity index (χ1n) is 10.2. The van der Waals surface area contributed by atoms with Crippen molar-refractivity contribution in [3.63, 3.8) is 0 Å². The van der Waals surface area contributed by atoms with Crippen LogP contribution in [-0.4, -0.2) is 87.1 Å². The average Bonchev–Trinajstić information content (AvgIpc) is 3.07. The zero-order valence-corrected chi connectivity index (χ0v) is 19.3. The Bertz CT molecular complexity index is 565. The minimum Gasteiger partial charge on any atom is -0.356 e. The second-order valence-electron chi connectivity index (χ2n) is 7.67. The number of likely N-dealkylation sites (N-methyl/N-ethyl adjacent to an activating group) is 1.